The Balaban J connectivity index is 1.78. The van der Waals surface area contributed by atoms with Crippen molar-refractivity contribution in [2.75, 3.05) is 43.4 Å². The summed E-state index contributed by atoms with van der Waals surface area (Å²) in [5.74, 6) is 1.62. The number of hydrogen-bond donors (Lipinski definition) is 1. The van der Waals surface area contributed by atoms with Crippen molar-refractivity contribution >= 4 is 40.5 Å². The van der Waals surface area contributed by atoms with E-state index in [1.807, 2.05) is 6.07 Å². The SMILES string of the molecule is CN1CCN(c2cc(Nc3cc(Cl)ccc3Cl)ncn2)CC1. The van der Waals surface area contributed by atoms with Gasteiger partial charge in [0.05, 0.1) is 10.7 Å². The lowest BCUT2D eigenvalue weighted by Crippen LogP contribution is -2.44. The fourth-order valence-electron chi connectivity index (χ4n) is 2.36. The Labute approximate surface area is 139 Å². The van der Waals surface area contributed by atoms with E-state index in [1.165, 1.54) is 0 Å². The van der Waals surface area contributed by atoms with Gasteiger partial charge in [0, 0.05) is 37.3 Å². The summed E-state index contributed by atoms with van der Waals surface area (Å²) in [5.41, 5.74) is 0.734. The second-order valence-electron chi connectivity index (χ2n) is 5.30. The lowest BCUT2D eigenvalue weighted by molar-refractivity contribution is 0.312. The van der Waals surface area contributed by atoms with E-state index in [-0.39, 0.29) is 0 Å². The summed E-state index contributed by atoms with van der Waals surface area (Å²) in [6.45, 7) is 4.00. The molecule has 1 aliphatic heterocycles. The first-order valence-corrected chi connectivity index (χ1v) is 7.85. The molecule has 0 saturated carbocycles. The molecule has 7 heteroatoms. The van der Waals surface area contributed by atoms with Gasteiger partial charge < -0.3 is 15.1 Å². The molecule has 1 N–H and O–H groups in total. The maximum atomic E-state index is 6.17. The van der Waals surface area contributed by atoms with Crippen LogP contribution in [0.5, 0.6) is 0 Å². The molecule has 0 radical (unpaired) electrons. The first-order valence-electron chi connectivity index (χ1n) is 7.09. The van der Waals surface area contributed by atoms with E-state index in [2.05, 4.69) is 32.1 Å². The molecule has 1 saturated heterocycles. The smallest absolute Gasteiger partial charge is 0.135 e. The predicted molar refractivity (Wildman–Crippen MR) is 91.5 cm³/mol. The Morgan fingerprint density at radius 1 is 1.05 bits per heavy atom. The zero-order chi connectivity index (χ0) is 15.5. The Morgan fingerprint density at radius 2 is 1.82 bits per heavy atom. The van der Waals surface area contributed by atoms with Crippen LogP contribution in [-0.2, 0) is 0 Å². The lowest BCUT2D eigenvalue weighted by Gasteiger charge is -2.33. The minimum Gasteiger partial charge on any atom is -0.354 e. The van der Waals surface area contributed by atoms with Crippen molar-refractivity contribution in [3.8, 4) is 0 Å². The minimum absolute atomic E-state index is 0.601. The standard InChI is InChI=1S/C15H17Cl2N5/c1-21-4-6-22(7-5-21)15-9-14(18-10-19-15)20-13-8-11(16)2-3-12(13)17/h2-3,8-10H,4-7H2,1H3,(H,18,19,20). The molecule has 0 aliphatic carbocycles. The normalized spacial score (nSPS) is 15.9. The molecular weight excluding hydrogens is 321 g/mol. The molecule has 1 fully saturated rings. The van der Waals surface area contributed by atoms with Crippen molar-refractivity contribution in [1.82, 2.24) is 14.9 Å². The van der Waals surface area contributed by atoms with Crippen molar-refractivity contribution in [3.63, 3.8) is 0 Å². The molecule has 2 heterocycles. The molecule has 22 heavy (non-hydrogen) atoms. The first-order chi connectivity index (χ1) is 10.6. The van der Waals surface area contributed by atoms with Gasteiger partial charge in [-0.1, -0.05) is 23.2 Å². The molecule has 0 amide bonds. The zero-order valence-electron chi connectivity index (χ0n) is 12.3. The van der Waals surface area contributed by atoms with Gasteiger partial charge in [0.2, 0.25) is 0 Å². The van der Waals surface area contributed by atoms with Crippen LogP contribution in [0.4, 0.5) is 17.3 Å². The van der Waals surface area contributed by atoms with Crippen LogP contribution >= 0.6 is 23.2 Å². The summed E-state index contributed by atoms with van der Waals surface area (Å²) < 4.78 is 0. The van der Waals surface area contributed by atoms with Crippen LogP contribution in [0.2, 0.25) is 10.0 Å². The van der Waals surface area contributed by atoms with Crippen molar-refractivity contribution in [2.45, 2.75) is 0 Å². The van der Waals surface area contributed by atoms with E-state index in [9.17, 15) is 0 Å². The van der Waals surface area contributed by atoms with Gasteiger partial charge in [-0.25, -0.2) is 9.97 Å². The van der Waals surface area contributed by atoms with Crippen LogP contribution in [0.25, 0.3) is 0 Å². The molecule has 3 rings (SSSR count). The number of nitrogens with one attached hydrogen (secondary N) is 1. The van der Waals surface area contributed by atoms with Crippen molar-refractivity contribution in [3.05, 3.63) is 40.6 Å². The summed E-state index contributed by atoms with van der Waals surface area (Å²) >= 11 is 12.2. The molecule has 0 spiro atoms. The highest BCUT2D eigenvalue weighted by Gasteiger charge is 2.16. The maximum Gasteiger partial charge on any atom is 0.135 e. The molecule has 1 aromatic heterocycles. The number of anilines is 3. The molecular formula is C15H17Cl2N5. The average Bonchev–Trinajstić information content (AvgIpc) is 2.52. The Hall–Kier alpha value is -1.56. The summed E-state index contributed by atoms with van der Waals surface area (Å²) in [4.78, 5) is 13.2. The molecule has 0 bridgehead atoms. The van der Waals surface area contributed by atoms with E-state index >= 15 is 0 Å². The number of benzene rings is 1. The number of nitrogens with zero attached hydrogens (tertiary/aromatic N) is 4. The Kier molecular flexibility index (Phi) is 4.66. The van der Waals surface area contributed by atoms with Crippen LogP contribution in [0.1, 0.15) is 0 Å². The number of piperazine rings is 1. The number of hydrogen-bond acceptors (Lipinski definition) is 5. The fourth-order valence-corrected chi connectivity index (χ4v) is 2.69. The average molecular weight is 338 g/mol. The van der Waals surface area contributed by atoms with Crippen LogP contribution in [-0.4, -0.2) is 48.1 Å². The summed E-state index contributed by atoms with van der Waals surface area (Å²) in [6, 6.07) is 7.23. The van der Waals surface area contributed by atoms with E-state index in [4.69, 9.17) is 23.2 Å². The largest absolute Gasteiger partial charge is 0.354 e. The highest BCUT2D eigenvalue weighted by atomic mass is 35.5. The van der Waals surface area contributed by atoms with Gasteiger partial charge >= 0.3 is 0 Å². The molecule has 1 aromatic carbocycles. The second-order valence-corrected chi connectivity index (χ2v) is 6.14. The summed E-state index contributed by atoms with van der Waals surface area (Å²) in [7, 11) is 2.13. The van der Waals surface area contributed by atoms with Crippen LogP contribution in [0.3, 0.4) is 0 Å². The fraction of sp³-hybridized carbons (Fsp3) is 0.333. The molecule has 0 unspecified atom stereocenters. The van der Waals surface area contributed by atoms with Crippen LogP contribution in [0.15, 0.2) is 30.6 Å². The van der Waals surface area contributed by atoms with E-state index in [0.717, 1.165) is 37.7 Å². The third-order valence-corrected chi connectivity index (χ3v) is 4.24. The third-order valence-electron chi connectivity index (χ3n) is 3.67. The Bertz CT molecular complexity index is 656. The summed E-state index contributed by atoms with van der Waals surface area (Å²) in [6.07, 6.45) is 1.56. The maximum absolute atomic E-state index is 6.17. The van der Waals surface area contributed by atoms with Gasteiger partial charge in [-0.3, -0.25) is 0 Å². The Morgan fingerprint density at radius 3 is 2.59 bits per heavy atom. The van der Waals surface area contributed by atoms with Crippen molar-refractivity contribution in [1.29, 1.82) is 0 Å². The lowest BCUT2D eigenvalue weighted by atomic mass is 10.3. The van der Waals surface area contributed by atoms with Gasteiger partial charge in [-0.2, -0.15) is 0 Å². The number of aromatic nitrogens is 2. The van der Waals surface area contributed by atoms with E-state index < -0.39 is 0 Å². The minimum atomic E-state index is 0.601. The van der Waals surface area contributed by atoms with E-state index in [0.29, 0.717) is 15.9 Å². The van der Waals surface area contributed by atoms with Gasteiger partial charge in [0.15, 0.2) is 0 Å². The number of halogens is 2. The third kappa shape index (κ3) is 3.61. The molecule has 1 aliphatic rings. The summed E-state index contributed by atoms with van der Waals surface area (Å²) in [5, 5.41) is 4.42. The van der Waals surface area contributed by atoms with Crippen LogP contribution < -0.4 is 10.2 Å². The number of likely N-dealkylation sites (N-methyl/N-ethyl adjacent to an activating group) is 1. The van der Waals surface area contributed by atoms with Crippen molar-refractivity contribution < 1.29 is 0 Å². The quantitative estimate of drug-likeness (QED) is 0.931. The topological polar surface area (TPSA) is 44.3 Å². The number of rotatable bonds is 3. The molecule has 5 nitrogen and oxygen atoms in total. The monoisotopic (exact) mass is 337 g/mol. The first kappa shape index (κ1) is 15.3. The van der Waals surface area contributed by atoms with Gasteiger partial charge in [-0.15, -0.1) is 0 Å². The molecule has 116 valence electrons. The van der Waals surface area contributed by atoms with Gasteiger partial charge in [0.25, 0.3) is 0 Å². The van der Waals surface area contributed by atoms with Gasteiger partial charge in [0.1, 0.15) is 18.0 Å². The highest BCUT2D eigenvalue weighted by Crippen LogP contribution is 2.28. The molecule has 2 aromatic rings. The molecule has 0 atom stereocenters. The second kappa shape index (κ2) is 6.69. The highest BCUT2D eigenvalue weighted by molar-refractivity contribution is 6.35. The van der Waals surface area contributed by atoms with E-state index in [1.54, 1.807) is 24.5 Å². The van der Waals surface area contributed by atoms with Gasteiger partial charge in [-0.05, 0) is 25.2 Å². The van der Waals surface area contributed by atoms with Crippen molar-refractivity contribution in [2.24, 2.45) is 0 Å². The zero-order valence-corrected chi connectivity index (χ0v) is 13.8. The van der Waals surface area contributed by atoms with Crippen LogP contribution in [0, 0.1) is 0 Å². The predicted octanol–water partition coefficient (Wildman–Crippen LogP) is 3.28.